The number of ether oxygens (including phenoxy) is 3. The fraction of sp³-hybridized carbons (Fsp3) is 0.360. The minimum atomic E-state index is -0.693. The summed E-state index contributed by atoms with van der Waals surface area (Å²) in [7, 11) is 1.58. The fourth-order valence-corrected chi connectivity index (χ4v) is 3.98. The summed E-state index contributed by atoms with van der Waals surface area (Å²) in [6.45, 7) is 9.31. The van der Waals surface area contributed by atoms with Crippen LogP contribution in [0.25, 0.3) is 21.8 Å². The lowest BCUT2D eigenvalue weighted by Gasteiger charge is -2.32. The molecule has 2 N–H and O–H groups in total. The van der Waals surface area contributed by atoms with E-state index in [1.54, 1.807) is 26.2 Å². The highest BCUT2D eigenvalue weighted by molar-refractivity contribution is 5.88. The molecule has 8 heteroatoms. The Morgan fingerprint density at radius 1 is 1.06 bits per heavy atom. The van der Waals surface area contributed by atoms with Crippen LogP contribution in [0, 0.1) is 6.92 Å². The molecular formula is C25H30N4O4. The standard InChI is InChI=1S/C25H30N4O4/c1-6-29(7-2)25(16(4)30)33-23-12-21-19(11-22(23)31-5)24(28-14-27-21)32-17-8-9-20-18(10-17)15(3)13-26-20/h8-14,16,25-26,30H,6-7H2,1-5H3/t16-,25-/m1/s1. The lowest BCUT2D eigenvalue weighted by molar-refractivity contribution is -0.0547. The maximum absolute atomic E-state index is 10.3. The molecule has 4 rings (SSSR count). The van der Waals surface area contributed by atoms with Gasteiger partial charge in [-0.3, -0.25) is 4.90 Å². The summed E-state index contributed by atoms with van der Waals surface area (Å²) in [4.78, 5) is 14.0. The van der Waals surface area contributed by atoms with Crippen molar-refractivity contribution < 1.29 is 19.3 Å². The van der Waals surface area contributed by atoms with Crippen LogP contribution in [0.5, 0.6) is 23.1 Å². The number of methoxy groups -OCH3 is 1. The number of benzene rings is 2. The predicted octanol–water partition coefficient (Wildman–Crippen LogP) is 4.65. The van der Waals surface area contributed by atoms with E-state index in [-0.39, 0.29) is 0 Å². The molecule has 2 heterocycles. The molecule has 0 fully saturated rings. The van der Waals surface area contributed by atoms with Crippen molar-refractivity contribution in [3.8, 4) is 23.1 Å². The summed E-state index contributed by atoms with van der Waals surface area (Å²) < 4.78 is 18.0. The maximum Gasteiger partial charge on any atom is 0.230 e. The molecular weight excluding hydrogens is 420 g/mol. The Labute approximate surface area is 193 Å². The Morgan fingerprint density at radius 2 is 1.85 bits per heavy atom. The number of nitrogens with one attached hydrogen (secondary N) is 1. The molecule has 0 bridgehead atoms. The van der Waals surface area contributed by atoms with Crippen LogP contribution < -0.4 is 14.2 Å². The zero-order valence-corrected chi connectivity index (χ0v) is 19.6. The van der Waals surface area contributed by atoms with E-state index in [0.29, 0.717) is 34.0 Å². The van der Waals surface area contributed by atoms with Crippen LogP contribution in [0.4, 0.5) is 0 Å². The van der Waals surface area contributed by atoms with Gasteiger partial charge in [-0.25, -0.2) is 9.97 Å². The number of nitrogens with zero attached hydrogens (tertiary/aromatic N) is 3. The summed E-state index contributed by atoms with van der Waals surface area (Å²) in [6, 6.07) is 9.47. The minimum Gasteiger partial charge on any atom is -0.493 e. The third-order valence-corrected chi connectivity index (χ3v) is 5.79. The zero-order valence-electron chi connectivity index (χ0n) is 19.6. The van der Waals surface area contributed by atoms with Crippen molar-refractivity contribution in [1.82, 2.24) is 19.9 Å². The van der Waals surface area contributed by atoms with Crippen LogP contribution in [0.2, 0.25) is 0 Å². The predicted molar refractivity (Wildman–Crippen MR) is 128 cm³/mol. The number of aliphatic hydroxyl groups excluding tert-OH is 1. The van der Waals surface area contributed by atoms with Gasteiger partial charge in [0.2, 0.25) is 5.88 Å². The number of aliphatic hydroxyl groups is 1. The molecule has 33 heavy (non-hydrogen) atoms. The quantitative estimate of drug-likeness (QED) is 0.359. The summed E-state index contributed by atoms with van der Waals surface area (Å²) in [6.07, 6.45) is 2.23. The molecule has 0 aliphatic rings. The van der Waals surface area contributed by atoms with E-state index in [1.165, 1.54) is 6.33 Å². The first-order chi connectivity index (χ1) is 15.9. The largest absolute Gasteiger partial charge is 0.493 e. The highest BCUT2D eigenvalue weighted by atomic mass is 16.5. The van der Waals surface area contributed by atoms with E-state index in [9.17, 15) is 5.11 Å². The van der Waals surface area contributed by atoms with E-state index in [0.717, 1.165) is 29.6 Å². The second kappa shape index (κ2) is 9.64. The molecule has 0 saturated carbocycles. The first kappa shape index (κ1) is 22.8. The third kappa shape index (κ3) is 4.58. The van der Waals surface area contributed by atoms with Crippen LogP contribution >= 0.6 is 0 Å². The van der Waals surface area contributed by atoms with Gasteiger partial charge in [0.15, 0.2) is 17.7 Å². The van der Waals surface area contributed by atoms with Gasteiger partial charge in [0.1, 0.15) is 18.2 Å². The van der Waals surface area contributed by atoms with Crippen molar-refractivity contribution in [3.63, 3.8) is 0 Å². The first-order valence-electron chi connectivity index (χ1n) is 11.1. The van der Waals surface area contributed by atoms with E-state index in [4.69, 9.17) is 14.2 Å². The first-order valence-corrected chi connectivity index (χ1v) is 11.1. The molecule has 2 aromatic heterocycles. The molecule has 0 aliphatic heterocycles. The molecule has 0 amide bonds. The summed E-state index contributed by atoms with van der Waals surface area (Å²) >= 11 is 0. The smallest absolute Gasteiger partial charge is 0.230 e. The number of aryl methyl sites for hydroxylation is 1. The van der Waals surface area contributed by atoms with Crippen molar-refractivity contribution in [1.29, 1.82) is 0 Å². The second-order valence-electron chi connectivity index (χ2n) is 7.95. The molecule has 2 atom stereocenters. The summed E-state index contributed by atoms with van der Waals surface area (Å²) in [5.74, 6) is 2.11. The molecule has 2 aromatic carbocycles. The number of fused-ring (bicyclic) bond motifs is 2. The van der Waals surface area contributed by atoms with Gasteiger partial charge >= 0.3 is 0 Å². The Morgan fingerprint density at radius 3 is 2.55 bits per heavy atom. The average Bonchev–Trinajstić information content (AvgIpc) is 3.18. The van der Waals surface area contributed by atoms with E-state index >= 15 is 0 Å². The van der Waals surface area contributed by atoms with Crippen molar-refractivity contribution in [2.45, 2.75) is 40.0 Å². The van der Waals surface area contributed by atoms with Crippen LogP contribution in [-0.2, 0) is 0 Å². The Hall–Kier alpha value is -3.36. The average molecular weight is 451 g/mol. The summed E-state index contributed by atoms with van der Waals surface area (Å²) in [5, 5.41) is 12.1. The van der Waals surface area contributed by atoms with E-state index in [2.05, 4.69) is 15.0 Å². The van der Waals surface area contributed by atoms with Gasteiger partial charge in [-0.05, 0) is 56.8 Å². The Bertz CT molecular complexity index is 1250. The second-order valence-corrected chi connectivity index (χ2v) is 7.95. The molecule has 0 radical (unpaired) electrons. The van der Waals surface area contributed by atoms with Crippen molar-refractivity contribution in [2.24, 2.45) is 0 Å². The van der Waals surface area contributed by atoms with Gasteiger partial charge in [0.25, 0.3) is 0 Å². The lowest BCUT2D eigenvalue weighted by Crippen LogP contribution is -2.46. The van der Waals surface area contributed by atoms with Crippen molar-refractivity contribution in [2.75, 3.05) is 20.2 Å². The van der Waals surface area contributed by atoms with Crippen molar-refractivity contribution >= 4 is 21.8 Å². The van der Waals surface area contributed by atoms with Crippen LogP contribution in [0.3, 0.4) is 0 Å². The number of likely N-dealkylation sites (N-methyl/N-ethyl adjacent to an activating group) is 1. The van der Waals surface area contributed by atoms with Crippen LogP contribution in [-0.4, -0.2) is 57.5 Å². The van der Waals surface area contributed by atoms with Gasteiger partial charge in [-0.1, -0.05) is 13.8 Å². The van der Waals surface area contributed by atoms with Gasteiger partial charge in [0.05, 0.1) is 18.0 Å². The Kier molecular flexibility index (Phi) is 6.67. The Balaban J connectivity index is 1.71. The van der Waals surface area contributed by atoms with Gasteiger partial charge in [-0.2, -0.15) is 0 Å². The SMILES string of the molecule is CCN(CC)[C@H](Oc1cc2ncnc(Oc3ccc4[nH]cc(C)c4c3)c2cc1OC)[C@@H](C)O. The van der Waals surface area contributed by atoms with Gasteiger partial charge in [-0.15, -0.1) is 0 Å². The summed E-state index contributed by atoms with van der Waals surface area (Å²) in [5.41, 5.74) is 2.85. The number of hydrogen-bond donors (Lipinski definition) is 2. The fourth-order valence-electron chi connectivity index (χ4n) is 3.98. The number of hydrogen-bond acceptors (Lipinski definition) is 7. The number of aromatic nitrogens is 3. The van der Waals surface area contributed by atoms with Crippen LogP contribution in [0.15, 0.2) is 42.9 Å². The normalized spacial score (nSPS) is 13.4. The van der Waals surface area contributed by atoms with E-state index in [1.807, 2.05) is 50.1 Å². The molecule has 8 nitrogen and oxygen atoms in total. The van der Waals surface area contributed by atoms with Crippen LogP contribution in [0.1, 0.15) is 26.3 Å². The highest BCUT2D eigenvalue weighted by Gasteiger charge is 2.25. The maximum atomic E-state index is 10.3. The lowest BCUT2D eigenvalue weighted by atomic mass is 10.2. The highest BCUT2D eigenvalue weighted by Crippen LogP contribution is 2.37. The molecule has 0 spiro atoms. The topological polar surface area (TPSA) is 92.7 Å². The number of rotatable bonds is 9. The molecule has 4 aromatic rings. The minimum absolute atomic E-state index is 0.424. The van der Waals surface area contributed by atoms with Gasteiger partial charge in [0, 0.05) is 23.2 Å². The molecule has 0 aliphatic carbocycles. The van der Waals surface area contributed by atoms with Gasteiger partial charge < -0.3 is 24.3 Å². The zero-order chi connectivity index (χ0) is 23.5. The van der Waals surface area contributed by atoms with Crippen molar-refractivity contribution in [3.05, 3.63) is 48.4 Å². The number of H-pyrrole nitrogens is 1. The molecule has 0 unspecified atom stereocenters. The third-order valence-electron chi connectivity index (χ3n) is 5.79. The molecule has 174 valence electrons. The number of aromatic amines is 1. The molecule has 0 saturated heterocycles. The monoisotopic (exact) mass is 450 g/mol. The van der Waals surface area contributed by atoms with E-state index < -0.39 is 12.3 Å².